The molecule has 3 heterocycles. The molecule has 29 heavy (non-hydrogen) atoms. The van der Waals surface area contributed by atoms with Gasteiger partial charge in [-0.2, -0.15) is 0 Å². The second-order valence-electron chi connectivity index (χ2n) is 7.44. The highest BCUT2D eigenvalue weighted by Gasteiger charge is 2.42. The van der Waals surface area contributed by atoms with Crippen molar-refractivity contribution < 1.29 is 14.3 Å². The third-order valence-electron chi connectivity index (χ3n) is 5.30. The van der Waals surface area contributed by atoms with Gasteiger partial charge in [-0.05, 0) is 44.0 Å². The van der Waals surface area contributed by atoms with Crippen LogP contribution < -0.4 is 14.8 Å². The fourth-order valence-corrected chi connectivity index (χ4v) is 4.80. The smallest absolute Gasteiger partial charge is 0.267 e. The zero-order valence-electron chi connectivity index (χ0n) is 16.1. The van der Waals surface area contributed by atoms with E-state index in [4.69, 9.17) is 9.47 Å². The Balaban J connectivity index is 1.34. The number of hydrogen-bond donors (Lipinski definition) is 1. The Bertz CT molecular complexity index is 1060. The minimum Gasteiger partial charge on any atom is -0.448 e. The standard InChI is InChI=1S/C22H21N3O3S/c1-14-19(29-21(24-14)16-7-3-6-12-23-16)20(26)25-15-8-9-17-18(13-15)28-22(27-17)10-4-2-5-11-22/h3,6-9,12-13H,2,4-5,10-11H2,1H3,(H,25,26). The van der Waals surface area contributed by atoms with E-state index in [0.29, 0.717) is 22.0 Å². The van der Waals surface area contributed by atoms with Crippen LogP contribution in [0, 0.1) is 6.92 Å². The van der Waals surface area contributed by atoms with Crippen LogP contribution in [0.1, 0.15) is 47.5 Å². The number of nitrogens with zero attached hydrogens (tertiary/aromatic N) is 2. The van der Waals surface area contributed by atoms with Gasteiger partial charge < -0.3 is 14.8 Å². The summed E-state index contributed by atoms with van der Waals surface area (Å²) in [5, 5.41) is 3.69. The van der Waals surface area contributed by atoms with Crippen LogP contribution in [0.2, 0.25) is 0 Å². The van der Waals surface area contributed by atoms with Crippen LogP contribution in [0.15, 0.2) is 42.6 Å². The Hall–Kier alpha value is -2.93. The molecule has 0 unspecified atom stereocenters. The molecule has 0 saturated heterocycles. The summed E-state index contributed by atoms with van der Waals surface area (Å²) in [5.41, 5.74) is 2.13. The first-order valence-electron chi connectivity index (χ1n) is 9.84. The Morgan fingerprint density at radius 2 is 1.93 bits per heavy atom. The molecular formula is C22H21N3O3S. The zero-order valence-corrected chi connectivity index (χ0v) is 16.9. The lowest BCUT2D eigenvalue weighted by Gasteiger charge is -2.31. The molecule has 0 bridgehead atoms. The van der Waals surface area contributed by atoms with E-state index in [9.17, 15) is 4.79 Å². The fourth-order valence-electron chi connectivity index (χ4n) is 3.86. The summed E-state index contributed by atoms with van der Waals surface area (Å²) in [6, 6.07) is 11.2. The highest BCUT2D eigenvalue weighted by atomic mass is 32.1. The van der Waals surface area contributed by atoms with E-state index in [1.165, 1.54) is 17.8 Å². The first-order chi connectivity index (χ1) is 14.1. The van der Waals surface area contributed by atoms with Crippen molar-refractivity contribution >= 4 is 22.9 Å². The maximum absolute atomic E-state index is 12.8. The number of rotatable bonds is 3. The third kappa shape index (κ3) is 3.46. The lowest BCUT2D eigenvalue weighted by molar-refractivity contribution is -0.105. The normalized spacial score (nSPS) is 16.7. The van der Waals surface area contributed by atoms with E-state index < -0.39 is 5.79 Å². The van der Waals surface area contributed by atoms with Gasteiger partial charge in [-0.1, -0.05) is 12.5 Å². The van der Waals surface area contributed by atoms with Crippen molar-refractivity contribution in [1.29, 1.82) is 0 Å². The van der Waals surface area contributed by atoms with E-state index in [1.807, 2.05) is 43.3 Å². The maximum atomic E-state index is 12.8. The number of anilines is 1. The van der Waals surface area contributed by atoms with E-state index >= 15 is 0 Å². The zero-order chi connectivity index (χ0) is 19.8. The van der Waals surface area contributed by atoms with Crippen molar-refractivity contribution in [2.75, 3.05) is 5.32 Å². The second kappa shape index (κ2) is 7.15. The quantitative estimate of drug-likeness (QED) is 0.646. The van der Waals surface area contributed by atoms with Gasteiger partial charge in [0.2, 0.25) is 0 Å². The minimum absolute atomic E-state index is 0.187. The molecule has 1 amide bonds. The van der Waals surface area contributed by atoms with Crippen molar-refractivity contribution in [2.24, 2.45) is 0 Å². The number of nitrogens with one attached hydrogen (secondary N) is 1. The number of carbonyl (C=O) groups is 1. The van der Waals surface area contributed by atoms with Crippen LogP contribution in [-0.4, -0.2) is 21.7 Å². The van der Waals surface area contributed by atoms with Crippen molar-refractivity contribution in [3.05, 3.63) is 53.2 Å². The van der Waals surface area contributed by atoms with Gasteiger partial charge in [-0.3, -0.25) is 9.78 Å². The monoisotopic (exact) mass is 407 g/mol. The van der Waals surface area contributed by atoms with E-state index in [0.717, 1.165) is 42.1 Å². The molecule has 1 spiro atoms. The van der Waals surface area contributed by atoms with Crippen molar-refractivity contribution in [3.63, 3.8) is 0 Å². The van der Waals surface area contributed by atoms with Gasteiger partial charge in [0.1, 0.15) is 9.88 Å². The van der Waals surface area contributed by atoms with Gasteiger partial charge in [-0.25, -0.2) is 4.98 Å². The molecule has 1 aliphatic carbocycles. The number of benzene rings is 1. The Kier molecular flexibility index (Phi) is 4.47. The largest absolute Gasteiger partial charge is 0.448 e. The SMILES string of the molecule is Cc1nc(-c2ccccn2)sc1C(=O)Nc1ccc2c(c1)OC1(CCCCC1)O2. The Morgan fingerprint density at radius 3 is 2.72 bits per heavy atom. The van der Waals surface area contributed by atoms with E-state index in [-0.39, 0.29) is 5.91 Å². The first kappa shape index (κ1) is 18.1. The van der Waals surface area contributed by atoms with Crippen LogP contribution in [0.5, 0.6) is 11.5 Å². The van der Waals surface area contributed by atoms with Gasteiger partial charge in [0, 0.05) is 30.8 Å². The Morgan fingerprint density at radius 1 is 1.10 bits per heavy atom. The van der Waals surface area contributed by atoms with Crippen molar-refractivity contribution in [1.82, 2.24) is 9.97 Å². The molecule has 2 aromatic heterocycles. The molecule has 1 aromatic carbocycles. The molecule has 6 nitrogen and oxygen atoms in total. The number of aromatic nitrogens is 2. The average Bonchev–Trinajstić information content (AvgIpc) is 3.29. The van der Waals surface area contributed by atoms with Crippen LogP contribution in [0.4, 0.5) is 5.69 Å². The molecule has 148 valence electrons. The number of ether oxygens (including phenoxy) is 2. The van der Waals surface area contributed by atoms with Gasteiger partial charge in [-0.15, -0.1) is 11.3 Å². The van der Waals surface area contributed by atoms with Crippen LogP contribution in [0.25, 0.3) is 10.7 Å². The van der Waals surface area contributed by atoms with E-state index in [2.05, 4.69) is 15.3 Å². The molecule has 1 N–H and O–H groups in total. The summed E-state index contributed by atoms with van der Waals surface area (Å²) in [7, 11) is 0. The lowest BCUT2D eigenvalue weighted by Crippen LogP contribution is -2.40. The fraction of sp³-hybridized carbons (Fsp3) is 0.318. The summed E-state index contributed by atoms with van der Waals surface area (Å²) in [5.74, 6) is 0.736. The summed E-state index contributed by atoms with van der Waals surface area (Å²) >= 11 is 1.34. The summed E-state index contributed by atoms with van der Waals surface area (Å²) in [6.45, 7) is 1.84. The molecule has 1 saturated carbocycles. The maximum Gasteiger partial charge on any atom is 0.267 e. The topological polar surface area (TPSA) is 73.3 Å². The van der Waals surface area contributed by atoms with Gasteiger partial charge in [0.15, 0.2) is 11.5 Å². The number of fused-ring (bicyclic) bond motifs is 1. The molecular weight excluding hydrogens is 386 g/mol. The molecule has 1 aliphatic heterocycles. The van der Waals surface area contributed by atoms with Crippen molar-refractivity contribution in [3.8, 4) is 22.2 Å². The van der Waals surface area contributed by atoms with Gasteiger partial charge in [0.05, 0.1) is 11.4 Å². The summed E-state index contributed by atoms with van der Waals surface area (Å²) < 4.78 is 12.3. The molecule has 1 fully saturated rings. The highest BCUT2D eigenvalue weighted by molar-refractivity contribution is 7.17. The molecule has 3 aromatic rings. The molecule has 2 aliphatic rings. The number of carbonyl (C=O) groups excluding carboxylic acids is 1. The number of thiazole rings is 1. The molecule has 0 radical (unpaired) electrons. The van der Waals surface area contributed by atoms with Crippen molar-refractivity contribution in [2.45, 2.75) is 44.8 Å². The van der Waals surface area contributed by atoms with Gasteiger partial charge >= 0.3 is 0 Å². The number of hydrogen-bond acceptors (Lipinski definition) is 6. The third-order valence-corrected chi connectivity index (χ3v) is 6.47. The van der Waals surface area contributed by atoms with Gasteiger partial charge in [0.25, 0.3) is 11.7 Å². The highest BCUT2D eigenvalue weighted by Crippen LogP contribution is 2.46. The Labute approximate surface area is 172 Å². The lowest BCUT2D eigenvalue weighted by atomic mass is 9.94. The summed E-state index contributed by atoms with van der Waals surface area (Å²) in [6.07, 6.45) is 6.97. The molecule has 0 atom stereocenters. The molecule has 5 rings (SSSR count). The van der Waals surface area contributed by atoms with Crippen LogP contribution in [0.3, 0.4) is 0 Å². The average molecular weight is 407 g/mol. The second-order valence-corrected chi connectivity index (χ2v) is 8.44. The number of amides is 1. The predicted octanol–water partition coefficient (Wildman–Crippen LogP) is 5.20. The predicted molar refractivity (Wildman–Crippen MR) is 112 cm³/mol. The minimum atomic E-state index is -0.519. The van der Waals surface area contributed by atoms with Crippen LogP contribution in [-0.2, 0) is 0 Å². The summed E-state index contributed by atoms with van der Waals surface area (Å²) in [4.78, 5) is 22.2. The number of aryl methyl sites for hydroxylation is 1. The number of pyridine rings is 1. The van der Waals surface area contributed by atoms with E-state index in [1.54, 1.807) is 6.20 Å². The van der Waals surface area contributed by atoms with Crippen LogP contribution >= 0.6 is 11.3 Å². The molecule has 7 heteroatoms. The first-order valence-corrected chi connectivity index (χ1v) is 10.7.